The number of hydrogen-bond acceptors (Lipinski definition) is 11. The predicted molar refractivity (Wildman–Crippen MR) is 282 cm³/mol. The number of carbonyl (C=O) groups is 5. The minimum atomic E-state index is -1.31. The third kappa shape index (κ3) is 10.1. The van der Waals surface area contributed by atoms with Crippen molar-refractivity contribution in [3.8, 4) is 34.2 Å². The van der Waals surface area contributed by atoms with E-state index in [2.05, 4.69) is 89.2 Å². The van der Waals surface area contributed by atoms with Crippen molar-refractivity contribution in [1.82, 2.24) is 40.0 Å². The maximum Gasteiger partial charge on any atom is 0.327 e. The minimum absolute atomic E-state index is 0.0299. The monoisotopic (exact) mass is 1010 g/mol. The molecule has 4 saturated heterocycles. The Balaban J connectivity index is 1.05. The first-order valence-corrected chi connectivity index (χ1v) is 26.5. The lowest BCUT2D eigenvalue weighted by Gasteiger charge is -2.41. The number of rotatable bonds is 9. The first-order valence-electron chi connectivity index (χ1n) is 26.5. The van der Waals surface area contributed by atoms with Crippen LogP contribution in [0.3, 0.4) is 0 Å². The molecule has 2 aromatic heterocycles. The molecule has 4 aromatic rings. The van der Waals surface area contributed by atoms with Crippen molar-refractivity contribution >= 4 is 40.5 Å². The van der Waals surface area contributed by atoms with E-state index in [-0.39, 0.29) is 56.6 Å². The van der Waals surface area contributed by atoms with E-state index in [1.165, 1.54) is 9.91 Å². The molecule has 0 unspecified atom stereocenters. The number of methoxy groups -OCH3 is 1. The number of aryl methyl sites for hydroxylation is 1. The van der Waals surface area contributed by atoms with Gasteiger partial charge in [0, 0.05) is 80.8 Å². The Morgan fingerprint density at radius 3 is 2.46 bits per heavy atom. The molecular formula is C58H74N8O8. The lowest BCUT2D eigenvalue weighted by Crippen LogP contribution is -2.66. The Kier molecular flexibility index (Phi) is 14.6. The molecule has 394 valence electrons. The number of nitrogens with zero attached hydrogens (tertiary/aromatic N) is 6. The number of benzene rings is 2. The maximum absolute atomic E-state index is 15.0. The lowest BCUT2D eigenvalue weighted by atomic mass is 9.84. The summed E-state index contributed by atoms with van der Waals surface area (Å²) in [4.78, 5) is 82.3. The quantitative estimate of drug-likeness (QED) is 0.140. The number of likely N-dealkylation sites (tertiary alicyclic amines) is 2. The van der Waals surface area contributed by atoms with Gasteiger partial charge in [0.05, 0.1) is 36.2 Å². The van der Waals surface area contributed by atoms with E-state index in [9.17, 15) is 19.2 Å². The van der Waals surface area contributed by atoms with Gasteiger partial charge in [0.1, 0.15) is 24.4 Å². The third-order valence-corrected chi connectivity index (χ3v) is 16.0. The Hall–Kier alpha value is -6.12. The number of hydrogen-bond donors (Lipinski definition) is 2. The van der Waals surface area contributed by atoms with Crippen LogP contribution in [0.2, 0.25) is 0 Å². The smallest absolute Gasteiger partial charge is 0.327 e. The predicted octanol–water partition coefficient (Wildman–Crippen LogP) is 6.44. The van der Waals surface area contributed by atoms with Gasteiger partial charge >= 0.3 is 5.97 Å². The zero-order valence-corrected chi connectivity index (χ0v) is 44.9. The van der Waals surface area contributed by atoms with Gasteiger partial charge < -0.3 is 33.9 Å². The van der Waals surface area contributed by atoms with Gasteiger partial charge in [-0.2, -0.15) is 0 Å². The van der Waals surface area contributed by atoms with Crippen molar-refractivity contribution in [2.45, 2.75) is 142 Å². The van der Waals surface area contributed by atoms with Crippen molar-refractivity contribution in [3.63, 3.8) is 0 Å². The van der Waals surface area contributed by atoms with Crippen LogP contribution in [0.1, 0.15) is 111 Å². The van der Waals surface area contributed by atoms with Crippen LogP contribution in [0.5, 0.6) is 0 Å². The number of ether oxygens (including phenoxy) is 3. The van der Waals surface area contributed by atoms with Gasteiger partial charge in [-0.1, -0.05) is 63.9 Å². The van der Waals surface area contributed by atoms with Gasteiger partial charge in [0.15, 0.2) is 5.60 Å². The molecule has 1 spiro atoms. The van der Waals surface area contributed by atoms with Crippen LogP contribution in [0.4, 0.5) is 0 Å². The summed E-state index contributed by atoms with van der Waals surface area (Å²) in [7, 11) is 1.69. The molecular weight excluding hydrogens is 937 g/mol. The Labute approximate surface area is 435 Å². The highest BCUT2D eigenvalue weighted by Gasteiger charge is 2.56. The number of esters is 1. The van der Waals surface area contributed by atoms with Crippen molar-refractivity contribution < 1.29 is 38.2 Å². The molecule has 74 heavy (non-hydrogen) atoms. The lowest BCUT2D eigenvalue weighted by molar-refractivity contribution is -0.162. The van der Waals surface area contributed by atoms with Gasteiger partial charge in [0.2, 0.25) is 5.91 Å². The maximum atomic E-state index is 15.0. The van der Waals surface area contributed by atoms with Crippen LogP contribution in [0, 0.1) is 23.2 Å². The van der Waals surface area contributed by atoms with Gasteiger partial charge in [-0.25, -0.2) is 10.2 Å². The minimum Gasteiger partial charge on any atom is -0.464 e. The second kappa shape index (κ2) is 20.5. The number of carbonyl (C=O) groups excluding carboxylic acids is 5. The van der Waals surface area contributed by atoms with Gasteiger partial charge in [-0.3, -0.25) is 34.1 Å². The number of hydrazine groups is 1. The molecule has 0 aliphatic carbocycles. The topological polar surface area (TPSA) is 168 Å². The van der Waals surface area contributed by atoms with Crippen LogP contribution in [0.15, 0.2) is 60.8 Å². The van der Waals surface area contributed by atoms with Crippen LogP contribution >= 0.6 is 0 Å². The van der Waals surface area contributed by atoms with Gasteiger partial charge in [-0.05, 0) is 119 Å². The Morgan fingerprint density at radius 1 is 0.973 bits per heavy atom. The summed E-state index contributed by atoms with van der Waals surface area (Å²) in [5, 5.41) is 5.61. The normalized spacial score (nSPS) is 24.3. The number of amides is 4. The fraction of sp³-hybridized carbons (Fsp3) is 0.552. The van der Waals surface area contributed by atoms with Crippen molar-refractivity contribution in [1.29, 1.82) is 0 Å². The molecule has 6 bridgehead atoms. The summed E-state index contributed by atoms with van der Waals surface area (Å²) in [6.07, 6.45) is 4.53. The fourth-order valence-electron chi connectivity index (χ4n) is 11.6. The second-order valence-corrected chi connectivity index (χ2v) is 22.9. The second-order valence-electron chi connectivity index (χ2n) is 22.9. The number of nitrogens with one attached hydrogen (secondary N) is 2. The van der Waals surface area contributed by atoms with Crippen LogP contribution in [-0.4, -0.2) is 141 Å². The van der Waals surface area contributed by atoms with Crippen LogP contribution in [-0.2, 0) is 57.6 Å². The molecule has 4 amide bonds. The van der Waals surface area contributed by atoms with Crippen molar-refractivity contribution in [3.05, 3.63) is 77.6 Å². The Bertz CT molecular complexity index is 2910. The molecule has 7 heterocycles. The third-order valence-electron chi connectivity index (χ3n) is 16.0. The first-order chi connectivity index (χ1) is 35.2. The summed E-state index contributed by atoms with van der Waals surface area (Å²) in [6.45, 7) is 21.0. The highest BCUT2D eigenvalue weighted by Crippen LogP contribution is 2.42. The Morgan fingerprint density at radius 2 is 1.74 bits per heavy atom. The molecule has 2 N–H and O–H groups in total. The number of cyclic esters (lactones) is 1. The SMILES string of the molecule is CCn1c(-c2cccnc2[C@H](C)OC)c2c3cc(ccc31)-c1cccc(c1)C[C@H](NC(=O)[C@H](C(C)C)N1CO[C@]3(CCN(C(=O)C#CC(C)(C)N4CCC4)C3)C1=O)C(=O)N1CCC[C@@](C)(N1)C(=O)OCC(C)(C)C2. The van der Waals surface area contributed by atoms with E-state index in [0.717, 1.165) is 69.6 Å². The molecule has 16 nitrogen and oxygen atoms in total. The number of fused-ring (bicyclic) bond motifs is 6. The van der Waals surface area contributed by atoms with Crippen LogP contribution < -0.4 is 10.7 Å². The first kappa shape index (κ1) is 52.7. The van der Waals surface area contributed by atoms with E-state index >= 15 is 4.79 Å². The molecule has 4 fully saturated rings. The molecule has 9 rings (SSSR count). The molecule has 2 aromatic carbocycles. The van der Waals surface area contributed by atoms with E-state index in [1.807, 2.05) is 52.8 Å². The van der Waals surface area contributed by atoms with Gasteiger partial charge in [-0.15, -0.1) is 0 Å². The average Bonchev–Trinajstić information content (AvgIpc) is 4.03. The molecule has 0 saturated carbocycles. The molecule has 5 aliphatic rings. The number of aromatic nitrogens is 2. The summed E-state index contributed by atoms with van der Waals surface area (Å²) in [5.41, 5.74) is 7.45. The highest BCUT2D eigenvalue weighted by molar-refractivity contribution is 5.98. The number of pyridine rings is 1. The summed E-state index contributed by atoms with van der Waals surface area (Å²) < 4.78 is 20.7. The standard InChI is InChI=1S/C58H74N8O8/c1-11-64-46-20-19-41-32-43(46)44(50(64)42-18-13-25-59-48(42)38(4)72-10)33-55(5,6)35-73-54(71)57(9)22-14-28-66(61-57)52(69)45(31-39-16-12-17-40(41)30-39)60-51(68)49(37(2)3)65-36-74-58(53(65)70)24-29-62(34-58)47(67)21-23-56(7,8)63-26-15-27-63/h12-13,16-20,25,30,32,37-38,45,49,61H,11,14-15,22,24,26-29,31,33-36H2,1-10H3,(H,60,68)/t38-,45-,49-,57+,58-/m0/s1. The molecule has 5 atom stereocenters. The molecule has 16 heteroatoms. The molecule has 5 aliphatic heterocycles. The van der Waals surface area contributed by atoms with E-state index in [1.54, 1.807) is 25.1 Å². The van der Waals surface area contributed by atoms with E-state index < -0.39 is 52.0 Å². The van der Waals surface area contributed by atoms with Gasteiger partial charge in [0.25, 0.3) is 17.7 Å². The average molecular weight is 1010 g/mol. The van der Waals surface area contributed by atoms with E-state index in [0.29, 0.717) is 38.9 Å². The zero-order valence-electron chi connectivity index (χ0n) is 44.9. The summed E-state index contributed by atoms with van der Waals surface area (Å²) in [5.74, 6) is 3.44. The van der Waals surface area contributed by atoms with Crippen LogP contribution in [0.25, 0.3) is 33.3 Å². The van der Waals surface area contributed by atoms with Crippen molar-refractivity contribution in [2.75, 3.05) is 53.2 Å². The summed E-state index contributed by atoms with van der Waals surface area (Å²) >= 11 is 0. The van der Waals surface area contributed by atoms with Crippen molar-refractivity contribution in [2.24, 2.45) is 11.3 Å². The molecule has 0 radical (unpaired) electrons. The largest absolute Gasteiger partial charge is 0.464 e. The fourth-order valence-corrected chi connectivity index (χ4v) is 11.6. The zero-order chi connectivity index (χ0) is 52.9. The summed E-state index contributed by atoms with van der Waals surface area (Å²) in [6, 6.07) is 16.5. The highest BCUT2D eigenvalue weighted by atomic mass is 16.5. The van der Waals surface area contributed by atoms with E-state index in [4.69, 9.17) is 19.2 Å².